The lowest BCUT2D eigenvalue weighted by Crippen LogP contribution is -2.46. The van der Waals surface area contributed by atoms with Crippen molar-refractivity contribution in [3.8, 4) is 0 Å². The lowest BCUT2D eigenvalue weighted by atomic mass is 9.95. The first-order valence-corrected chi connectivity index (χ1v) is 9.45. The van der Waals surface area contributed by atoms with Crippen molar-refractivity contribution in [2.75, 3.05) is 13.1 Å². The Kier molecular flexibility index (Phi) is 7.09. The fourth-order valence-corrected chi connectivity index (χ4v) is 3.27. The second-order valence-electron chi connectivity index (χ2n) is 8.37. The largest absolute Gasteiger partial charge is 0.354 e. The first-order chi connectivity index (χ1) is 13.0. The third-order valence-corrected chi connectivity index (χ3v) is 4.89. The summed E-state index contributed by atoms with van der Waals surface area (Å²) in [4.78, 5) is 26.3. The molecule has 2 atom stereocenters. The van der Waals surface area contributed by atoms with Crippen molar-refractivity contribution in [3.63, 3.8) is 0 Å². The summed E-state index contributed by atoms with van der Waals surface area (Å²) < 4.78 is 40.1. The molecule has 1 aliphatic rings. The number of amides is 2. The highest BCUT2D eigenvalue weighted by Gasteiger charge is 2.31. The summed E-state index contributed by atoms with van der Waals surface area (Å²) in [5.74, 6) is -3.57. The van der Waals surface area contributed by atoms with Gasteiger partial charge in [-0.05, 0) is 30.9 Å². The second kappa shape index (κ2) is 8.94. The van der Waals surface area contributed by atoms with E-state index < -0.39 is 28.9 Å². The van der Waals surface area contributed by atoms with Crippen LogP contribution in [-0.4, -0.2) is 41.9 Å². The molecule has 1 aromatic carbocycles. The van der Waals surface area contributed by atoms with E-state index in [1.54, 1.807) is 4.90 Å². The van der Waals surface area contributed by atoms with E-state index in [2.05, 4.69) is 5.32 Å². The number of hydrogen-bond donors (Lipinski definition) is 2. The normalized spacial score (nSPS) is 18.2. The number of rotatable bonds is 6. The van der Waals surface area contributed by atoms with Gasteiger partial charge in [0, 0.05) is 43.1 Å². The average molecular weight is 399 g/mol. The van der Waals surface area contributed by atoms with Crippen LogP contribution in [0.25, 0.3) is 0 Å². The van der Waals surface area contributed by atoms with Crippen molar-refractivity contribution < 1.29 is 22.8 Å². The fourth-order valence-electron chi connectivity index (χ4n) is 3.27. The Hall–Kier alpha value is -2.09. The molecule has 2 amide bonds. The van der Waals surface area contributed by atoms with E-state index in [1.807, 2.05) is 20.8 Å². The van der Waals surface area contributed by atoms with Crippen LogP contribution in [0.5, 0.6) is 0 Å². The van der Waals surface area contributed by atoms with E-state index >= 15 is 0 Å². The maximum atomic E-state index is 13.8. The molecule has 0 radical (unpaired) electrons. The molecule has 2 rings (SSSR count). The SMILES string of the molecule is CC(C)(C)C(=O)NC[C@@H]1CCCN1C(=O)C[C@H](N)Cc1cc(F)c(F)cc1F. The maximum absolute atomic E-state index is 13.8. The molecule has 1 saturated heterocycles. The molecule has 0 unspecified atom stereocenters. The predicted molar refractivity (Wildman–Crippen MR) is 99.8 cm³/mol. The third-order valence-electron chi connectivity index (χ3n) is 4.89. The summed E-state index contributed by atoms with van der Waals surface area (Å²) in [6.45, 7) is 6.39. The van der Waals surface area contributed by atoms with Crippen LogP contribution in [0.2, 0.25) is 0 Å². The summed E-state index contributed by atoms with van der Waals surface area (Å²) in [7, 11) is 0. The Morgan fingerprint density at radius 3 is 2.50 bits per heavy atom. The molecule has 0 spiro atoms. The van der Waals surface area contributed by atoms with E-state index in [9.17, 15) is 22.8 Å². The Morgan fingerprint density at radius 2 is 1.86 bits per heavy atom. The highest BCUT2D eigenvalue weighted by atomic mass is 19.2. The molecule has 156 valence electrons. The average Bonchev–Trinajstić information content (AvgIpc) is 3.05. The van der Waals surface area contributed by atoms with Crippen LogP contribution < -0.4 is 11.1 Å². The van der Waals surface area contributed by atoms with E-state index in [0.29, 0.717) is 19.2 Å². The van der Waals surface area contributed by atoms with Gasteiger partial charge >= 0.3 is 0 Å². The Labute approximate surface area is 163 Å². The van der Waals surface area contributed by atoms with Gasteiger partial charge in [0.05, 0.1) is 0 Å². The molecule has 8 heteroatoms. The molecular weight excluding hydrogens is 371 g/mol. The molecule has 0 aromatic heterocycles. The van der Waals surface area contributed by atoms with E-state index in [4.69, 9.17) is 5.73 Å². The van der Waals surface area contributed by atoms with Crippen LogP contribution in [0.1, 0.15) is 45.6 Å². The summed E-state index contributed by atoms with van der Waals surface area (Å²) in [6.07, 6.45) is 1.49. The minimum absolute atomic E-state index is 0.0395. The minimum Gasteiger partial charge on any atom is -0.354 e. The van der Waals surface area contributed by atoms with E-state index in [0.717, 1.165) is 18.9 Å². The molecule has 1 aromatic rings. The number of likely N-dealkylation sites (tertiary alicyclic amines) is 1. The first kappa shape index (κ1) is 22.2. The van der Waals surface area contributed by atoms with Crippen molar-refractivity contribution in [2.24, 2.45) is 11.1 Å². The number of benzene rings is 1. The number of carbonyl (C=O) groups excluding carboxylic acids is 2. The molecule has 1 fully saturated rings. The highest BCUT2D eigenvalue weighted by Crippen LogP contribution is 2.21. The molecule has 28 heavy (non-hydrogen) atoms. The molecule has 3 N–H and O–H groups in total. The summed E-state index contributed by atoms with van der Waals surface area (Å²) >= 11 is 0. The molecule has 0 saturated carbocycles. The zero-order chi connectivity index (χ0) is 21.1. The third kappa shape index (κ3) is 5.70. The zero-order valence-corrected chi connectivity index (χ0v) is 16.5. The Morgan fingerprint density at radius 1 is 1.21 bits per heavy atom. The van der Waals surface area contributed by atoms with Gasteiger partial charge in [-0.15, -0.1) is 0 Å². The summed E-state index contributed by atoms with van der Waals surface area (Å²) in [5.41, 5.74) is 5.39. The lowest BCUT2D eigenvalue weighted by molar-refractivity contribution is -0.134. The molecule has 1 heterocycles. The van der Waals surface area contributed by atoms with Crippen molar-refractivity contribution in [2.45, 2.75) is 58.5 Å². The van der Waals surface area contributed by atoms with Gasteiger partial charge in [-0.1, -0.05) is 20.8 Å². The smallest absolute Gasteiger partial charge is 0.225 e. The minimum atomic E-state index is -1.26. The van der Waals surface area contributed by atoms with Gasteiger partial charge in [0.1, 0.15) is 5.82 Å². The van der Waals surface area contributed by atoms with E-state index in [1.165, 1.54) is 0 Å². The second-order valence-corrected chi connectivity index (χ2v) is 8.37. The topological polar surface area (TPSA) is 75.4 Å². The van der Waals surface area contributed by atoms with Gasteiger partial charge in [-0.25, -0.2) is 13.2 Å². The number of nitrogens with two attached hydrogens (primary N) is 1. The number of nitrogens with one attached hydrogen (secondary N) is 1. The van der Waals surface area contributed by atoms with Gasteiger partial charge < -0.3 is 16.0 Å². The van der Waals surface area contributed by atoms with Gasteiger partial charge in [-0.3, -0.25) is 9.59 Å². The van der Waals surface area contributed by atoms with Gasteiger partial charge in [0.2, 0.25) is 11.8 Å². The molecular formula is C20H28F3N3O2. The monoisotopic (exact) mass is 399 g/mol. The predicted octanol–water partition coefficient (Wildman–Crippen LogP) is 2.52. The molecule has 5 nitrogen and oxygen atoms in total. The van der Waals surface area contributed by atoms with Crippen LogP contribution in [0.15, 0.2) is 12.1 Å². The number of nitrogens with zero attached hydrogens (tertiary/aromatic N) is 1. The zero-order valence-electron chi connectivity index (χ0n) is 16.5. The number of halogens is 3. The fraction of sp³-hybridized carbons (Fsp3) is 0.600. The number of carbonyl (C=O) groups is 2. The first-order valence-electron chi connectivity index (χ1n) is 9.45. The molecule has 0 aliphatic carbocycles. The lowest BCUT2D eigenvalue weighted by Gasteiger charge is -2.27. The van der Waals surface area contributed by atoms with Crippen molar-refractivity contribution >= 4 is 11.8 Å². The van der Waals surface area contributed by atoms with Gasteiger partial charge in [0.15, 0.2) is 11.6 Å². The van der Waals surface area contributed by atoms with Crippen molar-refractivity contribution in [1.29, 1.82) is 0 Å². The number of hydrogen-bond acceptors (Lipinski definition) is 3. The van der Waals surface area contributed by atoms with Crippen LogP contribution in [0.3, 0.4) is 0 Å². The quantitative estimate of drug-likeness (QED) is 0.722. The highest BCUT2D eigenvalue weighted by molar-refractivity contribution is 5.81. The Balaban J connectivity index is 1.92. The van der Waals surface area contributed by atoms with Gasteiger partial charge in [0.25, 0.3) is 0 Å². The van der Waals surface area contributed by atoms with E-state index in [-0.39, 0.29) is 36.3 Å². The maximum Gasteiger partial charge on any atom is 0.225 e. The Bertz CT molecular complexity index is 734. The standard InChI is InChI=1S/C20H28F3N3O2/c1-20(2,3)19(28)25-11-14-5-4-6-26(14)18(27)9-13(24)7-12-8-16(22)17(23)10-15(12)21/h8,10,13-14H,4-7,9,11,24H2,1-3H3,(H,25,28)/t13-,14+/m1/s1. The molecule has 0 bridgehead atoms. The molecule has 1 aliphatic heterocycles. The van der Waals surface area contributed by atoms with Crippen LogP contribution in [0, 0.1) is 22.9 Å². The summed E-state index contributed by atoms with van der Waals surface area (Å²) in [5, 5.41) is 2.87. The van der Waals surface area contributed by atoms with Crippen molar-refractivity contribution in [1.82, 2.24) is 10.2 Å². The summed E-state index contributed by atoms with van der Waals surface area (Å²) in [6, 6.07) is 0.423. The van der Waals surface area contributed by atoms with Gasteiger partial charge in [-0.2, -0.15) is 0 Å². The van der Waals surface area contributed by atoms with Crippen LogP contribution >= 0.6 is 0 Å². The van der Waals surface area contributed by atoms with Crippen LogP contribution in [0.4, 0.5) is 13.2 Å². The van der Waals surface area contributed by atoms with Crippen LogP contribution in [-0.2, 0) is 16.0 Å². The van der Waals surface area contributed by atoms with Crippen molar-refractivity contribution in [3.05, 3.63) is 35.1 Å².